The maximum Gasteiger partial charge on any atom is 0.279 e. The average molecular weight is 361 g/mol. The fourth-order valence-corrected chi connectivity index (χ4v) is 3.51. The third-order valence-corrected chi connectivity index (χ3v) is 4.96. The van der Waals surface area contributed by atoms with E-state index in [1.165, 1.54) is 11.8 Å². The van der Waals surface area contributed by atoms with Crippen LogP contribution < -0.4 is 19.7 Å². The van der Waals surface area contributed by atoms with Gasteiger partial charge in [0.1, 0.15) is 6.54 Å². The van der Waals surface area contributed by atoms with Gasteiger partial charge in [-0.3, -0.25) is 9.59 Å². The molecule has 3 rings (SSSR count). The molecule has 1 atom stereocenters. The molecule has 132 valence electrons. The Kier molecular flexibility index (Phi) is 5.35. The van der Waals surface area contributed by atoms with Gasteiger partial charge in [0.05, 0.1) is 17.1 Å². The summed E-state index contributed by atoms with van der Waals surface area (Å²) in [4.78, 5) is 26.8. The van der Waals surface area contributed by atoms with Crippen LogP contribution in [0.25, 0.3) is 0 Å². The zero-order valence-electron chi connectivity index (χ0n) is 14.3. The average Bonchev–Trinajstić information content (AvgIpc) is 3.24. The summed E-state index contributed by atoms with van der Waals surface area (Å²) in [6, 6.07) is 7.36. The minimum absolute atomic E-state index is 0.124. The van der Waals surface area contributed by atoms with E-state index in [2.05, 4.69) is 18.3 Å². The molecular weight excluding hydrogens is 340 g/mol. The van der Waals surface area contributed by atoms with Crippen LogP contribution in [0.4, 0.5) is 5.69 Å². The quantitative estimate of drug-likeness (QED) is 0.737. The summed E-state index contributed by atoms with van der Waals surface area (Å²) in [5, 5.41) is 4.89. The van der Waals surface area contributed by atoms with E-state index in [4.69, 9.17) is 9.47 Å². The Morgan fingerprint density at radius 3 is 2.68 bits per heavy atom. The standard InChI is InChI=1S/C18H20N2O4S/c1-3-20(9-13-5-4-6-25-13)10-18(22)19-15-8-17-16(23-11-24-17)7-14(15)12(2)21/h4-8H,3,9-11H2,1-2H3,(H,19,22)/p+1. The number of benzene rings is 1. The summed E-state index contributed by atoms with van der Waals surface area (Å²) in [6.07, 6.45) is 0. The van der Waals surface area contributed by atoms with Crippen LogP contribution in [-0.4, -0.2) is 31.6 Å². The number of hydrogen-bond donors (Lipinski definition) is 2. The topological polar surface area (TPSA) is 69.1 Å². The summed E-state index contributed by atoms with van der Waals surface area (Å²) in [7, 11) is 0. The van der Waals surface area contributed by atoms with E-state index in [0.29, 0.717) is 29.3 Å². The van der Waals surface area contributed by atoms with Crippen molar-refractivity contribution in [1.29, 1.82) is 0 Å². The van der Waals surface area contributed by atoms with Crippen molar-refractivity contribution in [2.75, 3.05) is 25.2 Å². The number of carbonyl (C=O) groups excluding carboxylic acids is 2. The molecule has 0 saturated heterocycles. The number of nitrogens with one attached hydrogen (secondary N) is 2. The summed E-state index contributed by atoms with van der Waals surface area (Å²) >= 11 is 1.69. The lowest BCUT2D eigenvalue weighted by molar-refractivity contribution is -0.903. The number of Topliss-reactive ketones (excluding diaryl/α,β-unsaturated/α-hetero) is 1. The molecule has 1 unspecified atom stereocenters. The fourth-order valence-electron chi connectivity index (χ4n) is 2.73. The van der Waals surface area contributed by atoms with Crippen molar-refractivity contribution >= 4 is 28.7 Å². The van der Waals surface area contributed by atoms with E-state index < -0.39 is 0 Å². The Labute approximate surface area is 150 Å². The highest BCUT2D eigenvalue weighted by Gasteiger charge is 2.21. The lowest BCUT2D eigenvalue weighted by Gasteiger charge is -2.17. The van der Waals surface area contributed by atoms with Crippen molar-refractivity contribution in [2.45, 2.75) is 20.4 Å². The van der Waals surface area contributed by atoms with Crippen molar-refractivity contribution in [3.63, 3.8) is 0 Å². The molecule has 0 fully saturated rings. The molecule has 2 N–H and O–H groups in total. The van der Waals surface area contributed by atoms with Crippen LogP contribution in [-0.2, 0) is 11.3 Å². The molecule has 0 spiro atoms. The van der Waals surface area contributed by atoms with Crippen LogP contribution in [0.1, 0.15) is 29.1 Å². The maximum atomic E-state index is 12.5. The van der Waals surface area contributed by atoms with Crippen LogP contribution in [0.3, 0.4) is 0 Å². The van der Waals surface area contributed by atoms with Gasteiger partial charge in [-0.2, -0.15) is 0 Å². The van der Waals surface area contributed by atoms with Crippen LogP contribution in [0.15, 0.2) is 29.6 Å². The summed E-state index contributed by atoms with van der Waals surface area (Å²) in [5.74, 6) is 0.807. The number of hydrogen-bond acceptors (Lipinski definition) is 5. The smallest absolute Gasteiger partial charge is 0.279 e. The second-order valence-electron chi connectivity index (χ2n) is 5.89. The molecule has 1 aromatic heterocycles. The number of fused-ring (bicyclic) bond motifs is 1. The normalized spacial score (nSPS) is 13.5. The first-order valence-corrected chi connectivity index (χ1v) is 9.05. The second-order valence-corrected chi connectivity index (χ2v) is 6.92. The number of ether oxygens (including phenoxy) is 2. The molecule has 25 heavy (non-hydrogen) atoms. The Morgan fingerprint density at radius 1 is 1.28 bits per heavy atom. The molecule has 0 saturated carbocycles. The molecule has 1 amide bonds. The first-order valence-electron chi connectivity index (χ1n) is 8.17. The lowest BCUT2D eigenvalue weighted by Crippen LogP contribution is -3.11. The van der Waals surface area contributed by atoms with Crippen molar-refractivity contribution in [2.24, 2.45) is 0 Å². The van der Waals surface area contributed by atoms with Crippen molar-refractivity contribution in [3.8, 4) is 11.5 Å². The molecular formula is C18H21N2O4S+. The first kappa shape index (κ1) is 17.4. The van der Waals surface area contributed by atoms with E-state index in [-0.39, 0.29) is 18.5 Å². The van der Waals surface area contributed by atoms with Crippen LogP contribution in [0.5, 0.6) is 11.5 Å². The van der Waals surface area contributed by atoms with Gasteiger partial charge in [-0.15, -0.1) is 11.3 Å². The third kappa shape index (κ3) is 4.18. The number of likely N-dealkylation sites (N-methyl/N-ethyl adjacent to an activating group) is 1. The van der Waals surface area contributed by atoms with E-state index in [1.54, 1.807) is 23.5 Å². The summed E-state index contributed by atoms with van der Waals surface area (Å²) < 4.78 is 10.6. The number of quaternary nitrogens is 1. The maximum absolute atomic E-state index is 12.5. The van der Waals surface area contributed by atoms with Crippen LogP contribution in [0, 0.1) is 0 Å². The van der Waals surface area contributed by atoms with Gasteiger partial charge in [-0.1, -0.05) is 6.07 Å². The van der Waals surface area contributed by atoms with Gasteiger partial charge in [0.25, 0.3) is 5.91 Å². The van der Waals surface area contributed by atoms with Gasteiger partial charge in [0.15, 0.2) is 23.8 Å². The monoisotopic (exact) mass is 361 g/mol. The van der Waals surface area contributed by atoms with Gasteiger partial charge in [0.2, 0.25) is 6.79 Å². The number of amides is 1. The molecule has 1 aliphatic heterocycles. The predicted molar refractivity (Wildman–Crippen MR) is 95.6 cm³/mol. The van der Waals surface area contributed by atoms with Crippen molar-refractivity contribution < 1.29 is 24.0 Å². The highest BCUT2D eigenvalue weighted by Crippen LogP contribution is 2.37. The molecule has 1 aliphatic rings. The SMILES string of the molecule is CC[NH+](CC(=O)Nc1cc2c(cc1C(C)=O)OCO2)Cc1cccs1. The Balaban J connectivity index is 1.70. The Hall–Kier alpha value is -2.38. The highest BCUT2D eigenvalue weighted by atomic mass is 32.1. The lowest BCUT2D eigenvalue weighted by atomic mass is 10.1. The van der Waals surface area contributed by atoms with Gasteiger partial charge in [0, 0.05) is 11.6 Å². The van der Waals surface area contributed by atoms with E-state index in [0.717, 1.165) is 18.0 Å². The predicted octanol–water partition coefficient (Wildman–Crippen LogP) is 1.72. The minimum Gasteiger partial charge on any atom is -0.454 e. The van der Waals surface area contributed by atoms with Gasteiger partial charge < -0.3 is 19.7 Å². The Morgan fingerprint density at radius 2 is 2.04 bits per heavy atom. The number of carbonyl (C=O) groups is 2. The summed E-state index contributed by atoms with van der Waals surface area (Å²) in [5.41, 5.74) is 0.891. The largest absolute Gasteiger partial charge is 0.454 e. The molecule has 6 nitrogen and oxygen atoms in total. The second kappa shape index (κ2) is 7.67. The molecule has 7 heteroatoms. The van der Waals surface area contributed by atoms with Gasteiger partial charge in [-0.05, 0) is 31.4 Å². The molecule has 0 bridgehead atoms. The molecule has 0 aliphatic carbocycles. The molecule has 1 aromatic carbocycles. The Bertz CT molecular complexity index is 774. The van der Waals surface area contributed by atoms with Crippen molar-refractivity contribution in [1.82, 2.24) is 0 Å². The first-order chi connectivity index (χ1) is 12.1. The highest BCUT2D eigenvalue weighted by molar-refractivity contribution is 7.09. The number of thiophene rings is 1. The fraction of sp³-hybridized carbons (Fsp3) is 0.333. The van der Waals surface area contributed by atoms with Crippen molar-refractivity contribution in [3.05, 3.63) is 40.1 Å². The zero-order valence-corrected chi connectivity index (χ0v) is 15.1. The number of rotatable bonds is 7. The van der Waals surface area contributed by atoms with Crippen LogP contribution >= 0.6 is 11.3 Å². The number of ketones is 1. The van der Waals surface area contributed by atoms with E-state index >= 15 is 0 Å². The molecule has 2 aromatic rings. The minimum atomic E-state index is -0.133. The van der Waals surface area contributed by atoms with E-state index in [9.17, 15) is 9.59 Å². The van der Waals surface area contributed by atoms with Gasteiger partial charge in [-0.25, -0.2) is 0 Å². The third-order valence-electron chi connectivity index (χ3n) is 4.08. The van der Waals surface area contributed by atoms with Crippen LogP contribution in [0.2, 0.25) is 0 Å². The number of anilines is 1. The van der Waals surface area contributed by atoms with Gasteiger partial charge >= 0.3 is 0 Å². The molecule has 0 radical (unpaired) electrons. The van der Waals surface area contributed by atoms with E-state index in [1.807, 2.05) is 11.4 Å². The molecule has 2 heterocycles. The summed E-state index contributed by atoms with van der Waals surface area (Å²) in [6.45, 7) is 5.62. The zero-order chi connectivity index (χ0) is 17.8.